The fourth-order valence-corrected chi connectivity index (χ4v) is 1.80. The third-order valence-electron chi connectivity index (χ3n) is 2.96. The van der Waals surface area contributed by atoms with Crippen LogP contribution in [-0.2, 0) is 4.79 Å². The number of carboxylic acid groups (broad SMARTS) is 1. The van der Waals surface area contributed by atoms with Gasteiger partial charge in [0.1, 0.15) is 0 Å². The molecule has 88 valence electrons. The molecule has 0 heterocycles. The van der Waals surface area contributed by atoms with Gasteiger partial charge >= 0.3 is 5.97 Å². The Kier molecular flexibility index (Phi) is 5.58. The second-order valence-corrected chi connectivity index (χ2v) is 4.39. The number of nitrogens with zero attached hydrogens (tertiary/aromatic N) is 1. The Morgan fingerprint density at radius 3 is 2.13 bits per heavy atom. The first-order chi connectivity index (χ1) is 6.85. The molecule has 0 aromatic rings. The molecule has 15 heavy (non-hydrogen) atoms. The van der Waals surface area contributed by atoms with Gasteiger partial charge in [-0.2, -0.15) is 0 Å². The van der Waals surface area contributed by atoms with Crippen LogP contribution in [0.25, 0.3) is 0 Å². The molecule has 1 N–H and O–H groups in total. The molecule has 0 saturated carbocycles. The van der Waals surface area contributed by atoms with Gasteiger partial charge in [0.05, 0.1) is 0 Å². The zero-order valence-electron chi connectivity index (χ0n) is 10.3. The minimum absolute atomic E-state index is 0.0435. The van der Waals surface area contributed by atoms with E-state index in [9.17, 15) is 4.79 Å². The van der Waals surface area contributed by atoms with Crippen molar-refractivity contribution in [3.8, 4) is 0 Å². The van der Waals surface area contributed by atoms with E-state index in [1.807, 2.05) is 0 Å². The fourth-order valence-electron chi connectivity index (χ4n) is 1.80. The molecule has 0 saturated heterocycles. The van der Waals surface area contributed by atoms with Crippen LogP contribution in [0.1, 0.15) is 40.5 Å². The van der Waals surface area contributed by atoms with Crippen LogP contribution >= 0.6 is 0 Å². The van der Waals surface area contributed by atoms with E-state index in [1.54, 1.807) is 0 Å². The van der Waals surface area contributed by atoms with E-state index in [4.69, 9.17) is 5.11 Å². The van der Waals surface area contributed by atoms with Gasteiger partial charge in [0.25, 0.3) is 0 Å². The average Bonchev–Trinajstić information content (AvgIpc) is 2.15. The first kappa shape index (κ1) is 14.2. The molecule has 0 amide bonds. The third-order valence-corrected chi connectivity index (χ3v) is 2.96. The van der Waals surface area contributed by atoms with E-state index in [-0.39, 0.29) is 5.54 Å². The summed E-state index contributed by atoms with van der Waals surface area (Å²) in [5.74, 6) is -0.884. The van der Waals surface area contributed by atoms with Crippen molar-refractivity contribution in [2.45, 2.75) is 46.1 Å². The molecule has 0 radical (unpaired) electrons. The maximum atomic E-state index is 10.6. The highest BCUT2D eigenvalue weighted by molar-refractivity contribution is 5.85. The molecule has 0 rings (SSSR count). The quantitative estimate of drug-likeness (QED) is 0.661. The molecule has 0 aromatic heterocycles. The number of hydrogen-bond acceptors (Lipinski definition) is 2. The molecular weight excluding hydrogens is 190 g/mol. The van der Waals surface area contributed by atoms with Crippen molar-refractivity contribution >= 4 is 5.97 Å². The van der Waals surface area contributed by atoms with E-state index in [0.29, 0.717) is 12.0 Å². The van der Waals surface area contributed by atoms with E-state index >= 15 is 0 Å². The molecule has 0 atom stereocenters. The number of rotatable bonds is 7. The van der Waals surface area contributed by atoms with Gasteiger partial charge in [-0.05, 0) is 39.8 Å². The molecule has 3 heteroatoms. The third kappa shape index (κ3) is 4.47. The van der Waals surface area contributed by atoms with Crippen molar-refractivity contribution in [2.75, 3.05) is 13.1 Å². The Hall–Kier alpha value is -0.830. The lowest BCUT2D eigenvalue weighted by Gasteiger charge is -2.37. The highest BCUT2D eigenvalue weighted by Crippen LogP contribution is 2.22. The molecule has 0 bridgehead atoms. The Balaban J connectivity index is 4.25. The predicted octanol–water partition coefficient (Wildman–Crippen LogP) is 2.53. The van der Waals surface area contributed by atoms with Gasteiger partial charge in [-0.1, -0.05) is 20.4 Å². The molecule has 0 aliphatic heterocycles. The van der Waals surface area contributed by atoms with Crippen molar-refractivity contribution in [1.29, 1.82) is 0 Å². The lowest BCUT2D eigenvalue weighted by atomic mass is 9.93. The van der Waals surface area contributed by atoms with Crippen LogP contribution < -0.4 is 0 Å². The molecule has 0 aliphatic rings. The summed E-state index contributed by atoms with van der Waals surface area (Å²) >= 11 is 0. The van der Waals surface area contributed by atoms with Crippen LogP contribution in [-0.4, -0.2) is 34.6 Å². The minimum atomic E-state index is -0.884. The van der Waals surface area contributed by atoms with E-state index in [2.05, 4.69) is 39.2 Å². The molecule has 3 nitrogen and oxygen atoms in total. The van der Waals surface area contributed by atoms with Crippen molar-refractivity contribution in [2.24, 2.45) is 0 Å². The largest absolute Gasteiger partial charge is 0.478 e. The van der Waals surface area contributed by atoms with Gasteiger partial charge in [0.15, 0.2) is 0 Å². The monoisotopic (exact) mass is 213 g/mol. The lowest BCUT2D eigenvalue weighted by molar-refractivity contribution is -0.132. The molecule has 0 aromatic carbocycles. The zero-order valence-corrected chi connectivity index (χ0v) is 10.3. The van der Waals surface area contributed by atoms with Gasteiger partial charge in [-0.15, -0.1) is 0 Å². The van der Waals surface area contributed by atoms with Crippen LogP contribution in [0.15, 0.2) is 12.2 Å². The topological polar surface area (TPSA) is 40.5 Å². The van der Waals surface area contributed by atoms with Gasteiger partial charge in [-0.25, -0.2) is 4.79 Å². The van der Waals surface area contributed by atoms with Crippen LogP contribution in [0.4, 0.5) is 0 Å². The molecular formula is C12H23NO2. The van der Waals surface area contributed by atoms with Gasteiger partial charge < -0.3 is 5.11 Å². The minimum Gasteiger partial charge on any atom is -0.478 e. The Labute approximate surface area is 92.8 Å². The van der Waals surface area contributed by atoms with Crippen LogP contribution in [0, 0.1) is 0 Å². The summed E-state index contributed by atoms with van der Waals surface area (Å²) in [6, 6.07) is 0. The lowest BCUT2D eigenvalue weighted by Crippen LogP contribution is -2.43. The van der Waals surface area contributed by atoms with Gasteiger partial charge in [-0.3, -0.25) is 4.90 Å². The van der Waals surface area contributed by atoms with E-state index in [0.717, 1.165) is 19.5 Å². The first-order valence-corrected chi connectivity index (χ1v) is 5.51. The number of hydrogen-bond donors (Lipinski definition) is 1. The maximum Gasteiger partial charge on any atom is 0.330 e. The standard InChI is InChI=1S/C12H23NO2/c1-6-13(7-2)12(4,5)9-8-10(3)11(14)15/h3,6-9H2,1-2,4-5H3,(H,14,15). The number of carbonyl (C=O) groups is 1. The highest BCUT2D eigenvalue weighted by atomic mass is 16.4. The Morgan fingerprint density at radius 1 is 1.33 bits per heavy atom. The van der Waals surface area contributed by atoms with Crippen molar-refractivity contribution in [1.82, 2.24) is 4.90 Å². The summed E-state index contributed by atoms with van der Waals surface area (Å²) in [7, 11) is 0. The Morgan fingerprint density at radius 2 is 1.80 bits per heavy atom. The summed E-state index contributed by atoms with van der Waals surface area (Å²) < 4.78 is 0. The number of aliphatic carboxylic acids is 1. The summed E-state index contributed by atoms with van der Waals surface area (Å²) in [6.45, 7) is 14.1. The van der Waals surface area contributed by atoms with Crippen LogP contribution in [0.2, 0.25) is 0 Å². The van der Waals surface area contributed by atoms with Crippen molar-refractivity contribution in [3.05, 3.63) is 12.2 Å². The van der Waals surface area contributed by atoms with E-state index < -0.39 is 5.97 Å². The Bertz CT molecular complexity index is 230. The SMILES string of the molecule is C=C(CCC(C)(C)N(CC)CC)C(=O)O. The van der Waals surface area contributed by atoms with E-state index in [1.165, 1.54) is 0 Å². The van der Waals surface area contributed by atoms with Crippen molar-refractivity contribution in [3.63, 3.8) is 0 Å². The average molecular weight is 213 g/mol. The normalized spacial score (nSPS) is 11.8. The number of carboxylic acids is 1. The smallest absolute Gasteiger partial charge is 0.330 e. The van der Waals surface area contributed by atoms with Gasteiger partial charge in [0.2, 0.25) is 0 Å². The summed E-state index contributed by atoms with van der Waals surface area (Å²) in [4.78, 5) is 12.9. The maximum absolute atomic E-state index is 10.6. The summed E-state index contributed by atoms with van der Waals surface area (Å²) in [6.07, 6.45) is 1.39. The second-order valence-electron chi connectivity index (χ2n) is 4.39. The van der Waals surface area contributed by atoms with Crippen LogP contribution in [0.3, 0.4) is 0 Å². The van der Waals surface area contributed by atoms with Crippen molar-refractivity contribution < 1.29 is 9.90 Å². The zero-order chi connectivity index (χ0) is 12.1. The van der Waals surface area contributed by atoms with Gasteiger partial charge in [0, 0.05) is 11.1 Å². The molecule has 0 fully saturated rings. The van der Waals surface area contributed by atoms with Crippen LogP contribution in [0.5, 0.6) is 0 Å². The second kappa shape index (κ2) is 5.91. The predicted molar refractivity (Wildman–Crippen MR) is 63.0 cm³/mol. The summed E-state index contributed by atoms with van der Waals surface area (Å²) in [5, 5.41) is 8.72. The molecule has 0 aliphatic carbocycles. The first-order valence-electron chi connectivity index (χ1n) is 5.51. The molecule has 0 spiro atoms. The molecule has 0 unspecified atom stereocenters. The highest BCUT2D eigenvalue weighted by Gasteiger charge is 2.24. The summed E-state index contributed by atoms with van der Waals surface area (Å²) in [5.41, 5.74) is 0.345. The fraction of sp³-hybridized carbons (Fsp3) is 0.750.